The number of carbonyl (C=O) groups excluding carboxylic acids is 1. The predicted octanol–water partition coefficient (Wildman–Crippen LogP) is 3.34. The summed E-state index contributed by atoms with van der Waals surface area (Å²) < 4.78 is 10.5. The number of amides is 1. The van der Waals surface area contributed by atoms with Gasteiger partial charge in [0.05, 0.1) is 31.5 Å². The summed E-state index contributed by atoms with van der Waals surface area (Å²) in [7, 11) is 3.07. The molecule has 1 aromatic carbocycles. The van der Waals surface area contributed by atoms with E-state index in [1.807, 2.05) is 13.0 Å². The van der Waals surface area contributed by atoms with Gasteiger partial charge in [-0.3, -0.25) is 9.69 Å². The van der Waals surface area contributed by atoms with Crippen molar-refractivity contribution in [2.45, 2.75) is 26.7 Å². The molecule has 0 atom stereocenters. The molecular weight excluding hydrogens is 418 g/mol. The number of anilines is 2. The Morgan fingerprint density at radius 2 is 1.77 bits per heavy atom. The van der Waals surface area contributed by atoms with Crippen molar-refractivity contribution in [1.29, 1.82) is 0 Å². The van der Waals surface area contributed by atoms with E-state index in [9.17, 15) is 4.79 Å². The van der Waals surface area contributed by atoms with Crippen molar-refractivity contribution in [1.82, 2.24) is 14.9 Å². The van der Waals surface area contributed by atoms with Crippen molar-refractivity contribution in [3.05, 3.63) is 34.7 Å². The number of benzene rings is 1. The van der Waals surface area contributed by atoms with Gasteiger partial charge in [-0.1, -0.05) is 25.4 Å². The van der Waals surface area contributed by atoms with Gasteiger partial charge < -0.3 is 19.7 Å². The Labute approximate surface area is 188 Å². The quantitative estimate of drug-likeness (QED) is 0.697. The molecule has 3 rings (SSSR count). The fourth-order valence-corrected chi connectivity index (χ4v) is 3.72. The minimum absolute atomic E-state index is 0.118. The fraction of sp³-hybridized carbons (Fsp3) is 0.500. The van der Waals surface area contributed by atoms with Crippen LogP contribution in [0.25, 0.3) is 0 Å². The number of ether oxygens (including phenoxy) is 2. The maximum absolute atomic E-state index is 12.6. The monoisotopic (exact) mass is 447 g/mol. The zero-order valence-electron chi connectivity index (χ0n) is 18.7. The third-order valence-corrected chi connectivity index (χ3v) is 5.48. The first-order valence-electron chi connectivity index (χ1n) is 10.3. The Kier molecular flexibility index (Phi) is 7.56. The van der Waals surface area contributed by atoms with Crippen molar-refractivity contribution in [3.8, 4) is 11.5 Å². The molecule has 0 bridgehead atoms. The summed E-state index contributed by atoms with van der Waals surface area (Å²) in [6.45, 7) is 9.64. The molecule has 0 spiro atoms. The second kappa shape index (κ2) is 10.2. The Bertz CT molecular complexity index is 930. The number of aromatic nitrogens is 2. The van der Waals surface area contributed by atoms with Gasteiger partial charge in [-0.2, -0.15) is 0 Å². The smallest absolute Gasteiger partial charge is 0.238 e. The van der Waals surface area contributed by atoms with Crippen LogP contribution in [0.3, 0.4) is 0 Å². The molecule has 1 N–H and O–H groups in total. The molecular formula is C22H30ClN5O3. The number of piperazine rings is 1. The first kappa shape index (κ1) is 23.1. The van der Waals surface area contributed by atoms with Gasteiger partial charge in [-0.15, -0.1) is 0 Å². The van der Waals surface area contributed by atoms with E-state index in [-0.39, 0.29) is 11.8 Å². The lowest BCUT2D eigenvalue weighted by Gasteiger charge is -2.35. The van der Waals surface area contributed by atoms with Crippen LogP contribution >= 0.6 is 11.6 Å². The second-order valence-electron chi connectivity index (χ2n) is 7.88. The number of nitrogens with zero attached hydrogens (tertiary/aromatic N) is 4. The van der Waals surface area contributed by atoms with Crippen LogP contribution in [0.2, 0.25) is 5.02 Å². The molecule has 1 amide bonds. The van der Waals surface area contributed by atoms with E-state index in [4.69, 9.17) is 26.1 Å². The highest BCUT2D eigenvalue weighted by atomic mass is 35.5. The standard InChI is InChI=1S/C22H30ClN5O3/c1-14(2)22-24-15(3)10-20(26-22)28-8-6-27(7-9-28)13-21(29)25-17-11-16(23)18(30-4)12-19(17)31-5/h10-12,14H,6-9,13H2,1-5H3,(H,25,29). The molecule has 1 aliphatic rings. The Hall–Kier alpha value is -2.58. The summed E-state index contributed by atoms with van der Waals surface area (Å²) in [5.41, 5.74) is 1.50. The van der Waals surface area contributed by atoms with Gasteiger partial charge in [0.1, 0.15) is 23.1 Å². The molecule has 1 saturated heterocycles. The zero-order chi connectivity index (χ0) is 22.5. The zero-order valence-corrected chi connectivity index (χ0v) is 19.5. The van der Waals surface area contributed by atoms with Gasteiger partial charge in [0.2, 0.25) is 5.91 Å². The van der Waals surface area contributed by atoms with Gasteiger partial charge in [0.15, 0.2) is 0 Å². The maximum atomic E-state index is 12.6. The molecule has 1 aliphatic heterocycles. The minimum Gasteiger partial charge on any atom is -0.495 e. The third-order valence-electron chi connectivity index (χ3n) is 5.19. The number of hydrogen-bond acceptors (Lipinski definition) is 7. The largest absolute Gasteiger partial charge is 0.495 e. The predicted molar refractivity (Wildman–Crippen MR) is 123 cm³/mol. The number of nitrogens with one attached hydrogen (secondary N) is 1. The highest BCUT2D eigenvalue weighted by molar-refractivity contribution is 6.32. The Morgan fingerprint density at radius 1 is 1.10 bits per heavy atom. The number of hydrogen-bond donors (Lipinski definition) is 1. The molecule has 8 nitrogen and oxygen atoms in total. The summed E-state index contributed by atoms with van der Waals surface area (Å²) in [5, 5.41) is 3.30. The van der Waals surface area contributed by atoms with E-state index >= 15 is 0 Å². The van der Waals surface area contributed by atoms with Gasteiger partial charge in [-0.25, -0.2) is 9.97 Å². The van der Waals surface area contributed by atoms with Crippen molar-refractivity contribution < 1.29 is 14.3 Å². The van der Waals surface area contributed by atoms with Crippen LogP contribution < -0.4 is 19.7 Å². The molecule has 0 radical (unpaired) electrons. The summed E-state index contributed by atoms with van der Waals surface area (Å²) in [6, 6.07) is 5.32. The molecule has 2 aromatic rings. The molecule has 168 valence electrons. The summed E-state index contributed by atoms with van der Waals surface area (Å²) in [5.74, 6) is 2.98. The van der Waals surface area contributed by atoms with Crippen molar-refractivity contribution in [3.63, 3.8) is 0 Å². The van der Waals surface area contributed by atoms with Crippen LogP contribution in [0.1, 0.15) is 31.3 Å². The van der Waals surface area contributed by atoms with E-state index in [1.165, 1.54) is 14.2 Å². The lowest BCUT2D eigenvalue weighted by Crippen LogP contribution is -2.49. The van der Waals surface area contributed by atoms with Crippen LogP contribution in [0.4, 0.5) is 11.5 Å². The van der Waals surface area contributed by atoms with E-state index in [2.05, 4.69) is 33.9 Å². The highest BCUT2D eigenvalue weighted by Gasteiger charge is 2.22. The van der Waals surface area contributed by atoms with Crippen LogP contribution in [0.15, 0.2) is 18.2 Å². The number of methoxy groups -OCH3 is 2. The summed E-state index contributed by atoms with van der Waals surface area (Å²) in [6.07, 6.45) is 0. The Morgan fingerprint density at radius 3 is 2.39 bits per heavy atom. The maximum Gasteiger partial charge on any atom is 0.238 e. The molecule has 0 unspecified atom stereocenters. The first-order chi connectivity index (χ1) is 14.8. The van der Waals surface area contributed by atoms with E-state index in [1.54, 1.807) is 12.1 Å². The van der Waals surface area contributed by atoms with Gasteiger partial charge >= 0.3 is 0 Å². The number of halogens is 1. The van der Waals surface area contributed by atoms with Gasteiger partial charge in [0, 0.05) is 49.9 Å². The summed E-state index contributed by atoms with van der Waals surface area (Å²) >= 11 is 6.19. The van der Waals surface area contributed by atoms with Gasteiger partial charge in [0.25, 0.3) is 0 Å². The van der Waals surface area contributed by atoms with Crippen LogP contribution in [-0.2, 0) is 4.79 Å². The number of carbonyl (C=O) groups is 1. The third kappa shape index (κ3) is 5.77. The lowest BCUT2D eigenvalue weighted by atomic mass is 10.2. The van der Waals surface area contributed by atoms with E-state index < -0.39 is 0 Å². The second-order valence-corrected chi connectivity index (χ2v) is 8.29. The van der Waals surface area contributed by atoms with Crippen LogP contribution in [-0.4, -0.2) is 67.7 Å². The van der Waals surface area contributed by atoms with E-state index in [0.717, 1.165) is 43.5 Å². The van der Waals surface area contributed by atoms with Crippen LogP contribution in [0.5, 0.6) is 11.5 Å². The van der Waals surface area contributed by atoms with Crippen molar-refractivity contribution in [2.24, 2.45) is 0 Å². The molecule has 31 heavy (non-hydrogen) atoms. The molecule has 0 aliphatic carbocycles. The number of rotatable bonds is 7. The molecule has 2 heterocycles. The van der Waals surface area contributed by atoms with Crippen molar-refractivity contribution >= 4 is 29.0 Å². The Balaban J connectivity index is 1.58. The normalized spacial score (nSPS) is 14.6. The molecule has 9 heteroatoms. The van der Waals surface area contributed by atoms with Gasteiger partial charge in [-0.05, 0) is 13.0 Å². The minimum atomic E-state index is -0.118. The van der Waals surface area contributed by atoms with Crippen LogP contribution in [0, 0.1) is 6.92 Å². The van der Waals surface area contributed by atoms with Crippen molar-refractivity contribution in [2.75, 3.05) is 57.2 Å². The SMILES string of the molecule is COc1cc(OC)c(NC(=O)CN2CCN(c3cc(C)nc(C(C)C)n3)CC2)cc1Cl. The molecule has 0 saturated carbocycles. The number of aryl methyl sites for hydroxylation is 1. The topological polar surface area (TPSA) is 79.8 Å². The highest BCUT2D eigenvalue weighted by Crippen LogP contribution is 2.35. The lowest BCUT2D eigenvalue weighted by molar-refractivity contribution is -0.117. The average molecular weight is 448 g/mol. The first-order valence-corrected chi connectivity index (χ1v) is 10.7. The van der Waals surface area contributed by atoms with E-state index in [0.29, 0.717) is 28.8 Å². The summed E-state index contributed by atoms with van der Waals surface area (Å²) in [4.78, 5) is 26.2. The molecule has 1 aromatic heterocycles. The fourth-order valence-electron chi connectivity index (χ4n) is 3.48. The average Bonchev–Trinajstić information content (AvgIpc) is 2.74. The molecule has 1 fully saturated rings.